The number of amides is 2. The predicted octanol–water partition coefficient (Wildman–Crippen LogP) is 0.574. The van der Waals surface area contributed by atoms with E-state index in [9.17, 15) is 18.0 Å². The predicted molar refractivity (Wildman–Crippen MR) is 98.3 cm³/mol. The number of carbonyl (C=O) groups excluding carboxylic acids is 2. The number of nitrogens with zero attached hydrogens (tertiary/aromatic N) is 2. The Morgan fingerprint density at radius 3 is 2.42 bits per heavy atom. The highest BCUT2D eigenvalue weighted by Gasteiger charge is 2.34. The summed E-state index contributed by atoms with van der Waals surface area (Å²) >= 11 is 0. The molecule has 0 unspecified atom stereocenters. The van der Waals surface area contributed by atoms with Gasteiger partial charge >= 0.3 is 0 Å². The fourth-order valence-electron chi connectivity index (χ4n) is 3.20. The molecule has 0 bridgehead atoms. The Balaban J connectivity index is 2.23. The second-order valence-electron chi connectivity index (χ2n) is 6.44. The van der Waals surface area contributed by atoms with Gasteiger partial charge in [0.1, 0.15) is 11.8 Å². The van der Waals surface area contributed by atoms with Crippen molar-refractivity contribution in [2.75, 3.05) is 30.8 Å². The highest BCUT2D eigenvalue weighted by molar-refractivity contribution is 7.92. The number of nitrogens with two attached hydrogens (primary N) is 1. The van der Waals surface area contributed by atoms with Gasteiger partial charge in [-0.05, 0) is 31.9 Å². The normalized spacial score (nSPS) is 16.8. The van der Waals surface area contributed by atoms with Gasteiger partial charge in [0, 0.05) is 25.1 Å². The van der Waals surface area contributed by atoms with Crippen LogP contribution in [-0.4, -0.2) is 57.6 Å². The van der Waals surface area contributed by atoms with Crippen LogP contribution in [0, 0.1) is 5.92 Å². The van der Waals surface area contributed by atoms with E-state index in [-0.39, 0.29) is 17.7 Å². The molecule has 1 atom stereocenters. The largest absolute Gasteiger partial charge is 0.497 e. The van der Waals surface area contributed by atoms with Gasteiger partial charge in [-0.3, -0.25) is 13.9 Å². The van der Waals surface area contributed by atoms with Gasteiger partial charge < -0.3 is 15.4 Å². The highest BCUT2D eigenvalue weighted by Crippen LogP contribution is 2.27. The summed E-state index contributed by atoms with van der Waals surface area (Å²) < 4.78 is 31.0. The number of benzene rings is 1. The molecule has 1 saturated heterocycles. The number of sulfonamides is 1. The second-order valence-corrected chi connectivity index (χ2v) is 8.30. The van der Waals surface area contributed by atoms with Crippen LogP contribution in [0.15, 0.2) is 24.3 Å². The maximum Gasteiger partial charge on any atom is 0.246 e. The fraction of sp³-hybridized carbons (Fsp3) is 0.529. The van der Waals surface area contributed by atoms with E-state index >= 15 is 0 Å². The number of hydrogen-bond acceptors (Lipinski definition) is 5. The molecule has 8 nitrogen and oxygen atoms in total. The molecule has 9 heteroatoms. The summed E-state index contributed by atoms with van der Waals surface area (Å²) in [6.45, 7) is 2.32. The molecule has 1 aromatic carbocycles. The van der Waals surface area contributed by atoms with Gasteiger partial charge in [-0.25, -0.2) is 8.42 Å². The van der Waals surface area contributed by atoms with Crippen molar-refractivity contribution in [1.82, 2.24) is 4.90 Å². The monoisotopic (exact) mass is 383 g/mol. The molecular weight excluding hydrogens is 358 g/mol. The van der Waals surface area contributed by atoms with Crippen molar-refractivity contribution in [1.29, 1.82) is 0 Å². The van der Waals surface area contributed by atoms with Gasteiger partial charge in [0.25, 0.3) is 0 Å². The molecule has 2 N–H and O–H groups in total. The quantitative estimate of drug-likeness (QED) is 0.772. The molecule has 0 radical (unpaired) electrons. The second kappa shape index (κ2) is 7.94. The molecule has 1 aliphatic rings. The molecule has 0 aliphatic carbocycles. The van der Waals surface area contributed by atoms with Crippen molar-refractivity contribution in [3.05, 3.63) is 24.3 Å². The van der Waals surface area contributed by atoms with Gasteiger partial charge in [-0.2, -0.15) is 0 Å². The number of primary amides is 1. The van der Waals surface area contributed by atoms with Crippen molar-refractivity contribution in [2.24, 2.45) is 11.7 Å². The van der Waals surface area contributed by atoms with Crippen molar-refractivity contribution < 1.29 is 22.7 Å². The van der Waals surface area contributed by atoms with E-state index < -0.39 is 16.1 Å². The Kier molecular flexibility index (Phi) is 6.12. The zero-order valence-electron chi connectivity index (χ0n) is 15.2. The number of methoxy groups -OCH3 is 1. The van der Waals surface area contributed by atoms with E-state index in [1.807, 2.05) is 0 Å². The lowest BCUT2D eigenvalue weighted by Crippen LogP contribution is -2.52. The molecule has 1 fully saturated rings. The highest BCUT2D eigenvalue weighted by atomic mass is 32.2. The zero-order chi connectivity index (χ0) is 19.5. The van der Waals surface area contributed by atoms with Crippen LogP contribution >= 0.6 is 0 Å². The summed E-state index contributed by atoms with van der Waals surface area (Å²) in [4.78, 5) is 25.7. The first-order valence-corrected chi connectivity index (χ1v) is 10.2. The molecule has 0 aromatic heterocycles. The summed E-state index contributed by atoms with van der Waals surface area (Å²) in [7, 11) is -2.21. The van der Waals surface area contributed by atoms with Gasteiger partial charge in [-0.15, -0.1) is 0 Å². The topological polar surface area (TPSA) is 110 Å². The lowest BCUT2D eigenvalue weighted by Gasteiger charge is -2.36. The van der Waals surface area contributed by atoms with Crippen LogP contribution in [-0.2, 0) is 19.6 Å². The average molecular weight is 383 g/mol. The van der Waals surface area contributed by atoms with Crippen molar-refractivity contribution >= 4 is 27.5 Å². The Morgan fingerprint density at radius 1 is 1.31 bits per heavy atom. The molecule has 1 aromatic rings. The molecule has 1 heterocycles. The molecule has 2 amide bonds. The number of likely N-dealkylation sites (tertiary alicyclic amines) is 1. The van der Waals surface area contributed by atoms with E-state index in [0.29, 0.717) is 37.4 Å². The van der Waals surface area contributed by atoms with Crippen molar-refractivity contribution in [3.63, 3.8) is 0 Å². The van der Waals surface area contributed by atoms with E-state index in [2.05, 4.69) is 0 Å². The minimum absolute atomic E-state index is 0.237. The number of anilines is 1. The van der Waals surface area contributed by atoms with Crippen LogP contribution in [0.3, 0.4) is 0 Å². The summed E-state index contributed by atoms with van der Waals surface area (Å²) in [6, 6.07) is 5.64. The number of hydrogen-bond donors (Lipinski definition) is 1. The molecule has 144 valence electrons. The molecule has 0 spiro atoms. The first-order chi connectivity index (χ1) is 12.1. The van der Waals surface area contributed by atoms with Crippen molar-refractivity contribution in [3.8, 4) is 5.75 Å². The van der Waals surface area contributed by atoms with Crippen molar-refractivity contribution in [2.45, 2.75) is 25.8 Å². The average Bonchev–Trinajstić information content (AvgIpc) is 2.60. The summed E-state index contributed by atoms with van der Waals surface area (Å²) in [5.41, 5.74) is 5.68. The zero-order valence-corrected chi connectivity index (χ0v) is 16.0. The minimum atomic E-state index is -3.69. The molecule has 26 heavy (non-hydrogen) atoms. The van der Waals surface area contributed by atoms with E-state index in [0.717, 1.165) is 10.6 Å². The Bertz CT molecular complexity index is 772. The molecule has 2 rings (SSSR count). The first kappa shape index (κ1) is 20.0. The lowest BCUT2D eigenvalue weighted by atomic mass is 9.96. The van der Waals surface area contributed by atoms with E-state index in [4.69, 9.17) is 10.5 Å². The number of piperidine rings is 1. The van der Waals surface area contributed by atoms with Gasteiger partial charge in [0.2, 0.25) is 21.8 Å². The van der Waals surface area contributed by atoms with Crippen LogP contribution in [0.5, 0.6) is 5.75 Å². The first-order valence-electron chi connectivity index (χ1n) is 8.36. The Hall–Kier alpha value is -2.29. The maximum absolute atomic E-state index is 12.9. The van der Waals surface area contributed by atoms with Gasteiger partial charge in [0.05, 0.1) is 19.1 Å². The van der Waals surface area contributed by atoms with Crippen LogP contribution in [0.1, 0.15) is 19.8 Å². The number of rotatable bonds is 6. The number of ether oxygens (including phenoxy) is 1. The Morgan fingerprint density at radius 2 is 1.92 bits per heavy atom. The van der Waals surface area contributed by atoms with Crippen LogP contribution < -0.4 is 14.8 Å². The summed E-state index contributed by atoms with van der Waals surface area (Å²) in [5, 5.41) is 0. The van der Waals surface area contributed by atoms with Crippen LogP contribution in [0.2, 0.25) is 0 Å². The lowest BCUT2D eigenvalue weighted by molar-refractivity contribution is -0.135. The number of carbonyl (C=O) groups is 2. The fourth-order valence-corrected chi connectivity index (χ4v) is 4.36. The molecule has 1 aliphatic heterocycles. The summed E-state index contributed by atoms with van der Waals surface area (Å²) in [6.07, 6.45) is 2.05. The third kappa shape index (κ3) is 4.46. The molecular formula is C17H25N3O5S. The minimum Gasteiger partial charge on any atom is -0.497 e. The van der Waals surface area contributed by atoms with E-state index in [1.165, 1.54) is 7.11 Å². The van der Waals surface area contributed by atoms with Crippen LogP contribution in [0.4, 0.5) is 5.69 Å². The third-order valence-corrected chi connectivity index (χ3v) is 5.82. The summed E-state index contributed by atoms with van der Waals surface area (Å²) in [5.74, 6) is -0.405. The van der Waals surface area contributed by atoms with E-state index in [1.54, 1.807) is 36.1 Å². The SMILES string of the molecule is COc1cccc(N([C@@H](C)C(=O)N2CCC(C(N)=O)CC2)S(C)(=O)=O)c1. The maximum atomic E-state index is 12.9. The van der Waals surface area contributed by atoms with Gasteiger partial charge in [-0.1, -0.05) is 6.07 Å². The van der Waals surface area contributed by atoms with Crippen LogP contribution in [0.25, 0.3) is 0 Å². The smallest absolute Gasteiger partial charge is 0.246 e. The van der Waals surface area contributed by atoms with Gasteiger partial charge in [0.15, 0.2) is 0 Å². The standard InChI is InChI=1S/C17H25N3O5S/c1-12(17(22)19-9-7-13(8-10-19)16(18)21)20(26(3,23)24)14-5-4-6-15(11-14)25-2/h4-6,11-13H,7-10H2,1-3H3,(H2,18,21)/t12-/m0/s1. The molecule has 0 saturated carbocycles. The third-order valence-electron chi connectivity index (χ3n) is 4.58. The Labute approximate surface area is 153 Å².